The minimum atomic E-state index is -3.75. The molecule has 190 valence electrons. The minimum absolute atomic E-state index is 0.0412. The molecule has 1 aliphatic rings. The van der Waals surface area contributed by atoms with Gasteiger partial charge in [-0.2, -0.15) is 0 Å². The molecule has 2 atom stereocenters. The second-order valence-electron chi connectivity index (χ2n) is 9.04. The summed E-state index contributed by atoms with van der Waals surface area (Å²) in [5, 5.41) is 2.88. The molecule has 0 aromatic heterocycles. The number of guanidine groups is 1. The van der Waals surface area contributed by atoms with Crippen LogP contribution in [0, 0.1) is 5.92 Å². The van der Waals surface area contributed by atoms with Crippen LogP contribution in [-0.4, -0.2) is 62.8 Å². The quantitative estimate of drug-likeness (QED) is 0.179. The highest BCUT2D eigenvalue weighted by molar-refractivity contribution is 7.88. The van der Waals surface area contributed by atoms with Gasteiger partial charge < -0.3 is 21.7 Å². The van der Waals surface area contributed by atoms with Crippen molar-refractivity contribution in [1.82, 2.24) is 14.9 Å². The molecule has 0 bridgehead atoms. The van der Waals surface area contributed by atoms with Crippen molar-refractivity contribution in [3.8, 4) is 0 Å². The first-order valence-electron chi connectivity index (χ1n) is 11.8. The maximum absolute atomic E-state index is 13.4. The molecular weight excluding hydrogens is 456 g/mol. The van der Waals surface area contributed by atoms with E-state index in [2.05, 4.69) is 15.0 Å². The minimum Gasteiger partial charge on any atom is -0.370 e. The van der Waals surface area contributed by atoms with Gasteiger partial charge in [-0.15, -0.1) is 0 Å². The van der Waals surface area contributed by atoms with Gasteiger partial charge in [0.1, 0.15) is 12.1 Å². The fraction of sp³-hybridized carbons (Fsp3) is 0.609. The molecule has 11 heteroatoms. The Morgan fingerprint density at radius 2 is 1.88 bits per heavy atom. The van der Waals surface area contributed by atoms with Crippen LogP contribution >= 0.6 is 0 Å². The van der Waals surface area contributed by atoms with Crippen molar-refractivity contribution in [2.45, 2.75) is 63.8 Å². The van der Waals surface area contributed by atoms with Crippen molar-refractivity contribution < 1.29 is 18.0 Å². The van der Waals surface area contributed by atoms with Gasteiger partial charge in [0, 0.05) is 19.6 Å². The van der Waals surface area contributed by atoms with Gasteiger partial charge in [0.25, 0.3) is 0 Å². The Kier molecular flexibility index (Phi) is 10.8. The average molecular weight is 495 g/mol. The molecule has 34 heavy (non-hydrogen) atoms. The zero-order valence-corrected chi connectivity index (χ0v) is 20.9. The number of hydrogen-bond acceptors (Lipinski definition) is 5. The van der Waals surface area contributed by atoms with E-state index in [1.807, 2.05) is 19.9 Å². The molecule has 2 unspecified atom stereocenters. The van der Waals surface area contributed by atoms with Crippen LogP contribution in [-0.2, 0) is 25.4 Å². The first-order chi connectivity index (χ1) is 16.1. The largest absolute Gasteiger partial charge is 0.370 e. The molecule has 1 aromatic rings. The van der Waals surface area contributed by atoms with E-state index in [0.29, 0.717) is 50.9 Å². The molecular formula is C23H38N6O4S. The molecule has 1 saturated heterocycles. The second-order valence-corrected chi connectivity index (χ2v) is 10.8. The standard InChI is InChI=1S/C23H38N6O4S/c1-17(2)15-19(28-34(32,33)16-18-9-4-3-5-10-18)22(31)29-14-8-11-20(29)21(30)26-12-6-7-13-27-23(24)25/h3-5,9-10,17,19-20,28H,6-8,11-16H2,1-2H3,(H,26,30)(H4,24,25,27). The second kappa shape index (κ2) is 13.3. The first-order valence-corrected chi connectivity index (χ1v) is 13.4. The SMILES string of the molecule is CC(C)CC(NS(=O)(=O)Cc1ccccc1)C(=O)N1CCCC1C(=O)NCCCCN=C(N)N. The average Bonchev–Trinajstić information content (AvgIpc) is 3.24. The van der Waals surface area contributed by atoms with E-state index in [-0.39, 0.29) is 29.4 Å². The molecule has 10 nitrogen and oxygen atoms in total. The Hall–Kier alpha value is -2.66. The molecule has 1 heterocycles. The number of nitrogens with zero attached hydrogens (tertiary/aromatic N) is 2. The summed E-state index contributed by atoms with van der Waals surface area (Å²) in [7, 11) is -3.75. The molecule has 2 amide bonds. The van der Waals surface area contributed by atoms with E-state index in [1.54, 1.807) is 24.3 Å². The first kappa shape index (κ1) is 27.6. The number of sulfonamides is 1. The summed E-state index contributed by atoms with van der Waals surface area (Å²) < 4.78 is 28.2. The van der Waals surface area contributed by atoms with Crippen molar-refractivity contribution in [3.05, 3.63) is 35.9 Å². The predicted molar refractivity (Wildman–Crippen MR) is 133 cm³/mol. The van der Waals surface area contributed by atoms with Crippen LogP contribution in [0.15, 0.2) is 35.3 Å². The summed E-state index contributed by atoms with van der Waals surface area (Å²) in [6.45, 7) is 5.24. The molecule has 0 aliphatic carbocycles. The Balaban J connectivity index is 1.99. The summed E-state index contributed by atoms with van der Waals surface area (Å²) in [5.41, 5.74) is 11.2. The molecule has 6 N–H and O–H groups in total. The number of hydrogen-bond donors (Lipinski definition) is 4. The number of nitrogens with two attached hydrogens (primary N) is 2. The number of carbonyl (C=O) groups excluding carboxylic acids is 2. The summed E-state index contributed by atoms with van der Waals surface area (Å²) in [6, 6.07) is 7.32. The number of likely N-dealkylation sites (tertiary alicyclic amines) is 1. The van der Waals surface area contributed by atoms with Crippen LogP contribution in [0.5, 0.6) is 0 Å². The topological polar surface area (TPSA) is 160 Å². The van der Waals surface area contributed by atoms with E-state index in [0.717, 1.165) is 6.42 Å². The van der Waals surface area contributed by atoms with Crippen LogP contribution < -0.4 is 21.5 Å². The molecule has 0 spiro atoms. The number of rotatable bonds is 13. The van der Waals surface area contributed by atoms with Crippen LogP contribution in [0.3, 0.4) is 0 Å². The highest BCUT2D eigenvalue weighted by atomic mass is 32.2. The highest BCUT2D eigenvalue weighted by Gasteiger charge is 2.38. The Morgan fingerprint density at radius 1 is 1.18 bits per heavy atom. The monoisotopic (exact) mass is 494 g/mol. The van der Waals surface area contributed by atoms with Crippen molar-refractivity contribution in [1.29, 1.82) is 0 Å². The van der Waals surface area contributed by atoms with Crippen LogP contribution in [0.4, 0.5) is 0 Å². The molecule has 1 aromatic carbocycles. The third-order valence-electron chi connectivity index (χ3n) is 5.54. The van der Waals surface area contributed by atoms with Crippen molar-refractivity contribution in [2.75, 3.05) is 19.6 Å². The molecule has 2 rings (SSSR count). The summed E-state index contributed by atoms with van der Waals surface area (Å²) in [4.78, 5) is 31.6. The maximum Gasteiger partial charge on any atom is 0.242 e. The smallest absolute Gasteiger partial charge is 0.242 e. The number of benzene rings is 1. The van der Waals surface area contributed by atoms with Crippen molar-refractivity contribution >= 4 is 27.8 Å². The normalized spacial score (nSPS) is 16.9. The lowest BCUT2D eigenvalue weighted by Gasteiger charge is -2.29. The van der Waals surface area contributed by atoms with E-state index >= 15 is 0 Å². The van der Waals surface area contributed by atoms with Gasteiger partial charge in [-0.1, -0.05) is 44.2 Å². The van der Waals surface area contributed by atoms with E-state index < -0.39 is 22.1 Å². The van der Waals surface area contributed by atoms with E-state index in [9.17, 15) is 18.0 Å². The summed E-state index contributed by atoms with van der Waals surface area (Å²) in [6.07, 6.45) is 3.03. The lowest BCUT2D eigenvalue weighted by atomic mass is 10.0. The number of unbranched alkanes of at least 4 members (excludes halogenated alkanes) is 1. The van der Waals surface area contributed by atoms with Gasteiger partial charge in [-0.05, 0) is 43.6 Å². The van der Waals surface area contributed by atoms with Gasteiger partial charge in [-0.3, -0.25) is 14.6 Å². The summed E-state index contributed by atoms with van der Waals surface area (Å²) in [5.74, 6) is -0.647. The fourth-order valence-electron chi connectivity index (χ4n) is 4.00. The highest BCUT2D eigenvalue weighted by Crippen LogP contribution is 2.21. The number of carbonyl (C=O) groups is 2. The number of aliphatic imine (C=N–C) groups is 1. The Labute approximate surface area is 202 Å². The lowest BCUT2D eigenvalue weighted by Crippen LogP contribution is -2.54. The molecule has 1 fully saturated rings. The van der Waals surface area contributed by atoms with Crippen molar-refractivity contribution in [2.24, 2.45) is 22.4 Å². The van der Waals surface area contributed by atoms with Crippen LogP contribution in [0.1, 0.15) is 51.5 Å². The van der Waals surface area contributed by atoms with Gasteiger partial charge >= 0.3 is 0 Å². The Morgan fingerprint density at radius 3 is 2.53 bits per heavy atom. The number of amides is 2. The van der Waals surface area contributed by atoms with Gasteiger partial charge in [0.15, 0.2) is 5.96 Å². The zero-order valence-electron chi connectivity index (χ0n) is 20.1. The van der Waals surface area contributed by atoms with Crippen LogP contribution in [0.25, 0.3) is 0 Å². The van der Waals surface area contributed by atoms with Gasteiger partial charge in [-0.25, -0.2) is 13.1 Å². The molecule has 0 radical (unpaired) electrons. The third-order valence-corrected chi connectivity index (χ3v) is 6.90. The Bertz CT molecular complexity index is 932. The zero-order chi connectivity index (χ0) is 25.1. The van der Waals surface area contributed by atoms with Gasteiger partial charge in [0.2, 0.25) is 21.8 Å². The summed E-state index contributed by atoms with van der Waals surface area (Å²) >= 11 is 0. The third kappa shape index (κ3) is 9.30. The molecule has 1 aliphatic heterocycles. The fourth-order valence-corrected chi connectivity index (χ4v) is 5.35. The lowest BCUT2D eigenvalue weighted by molar-refractivity contribution is -0.140. The van der Waals surface area contributed by atoms with Gasteiger partial charge in [0.05, 0.1) is 5.75 Å². The van der Waals surface area contributed by atoms with E-state index in [4.69, 9.17) is 11.5 Å². The predicted octanol–water partition coefficient (Wildman–Crippen LogP) is 0.682. The molecule has 0 saturated carbocycles. The van der Waals surface area contributed by atoms with Crippen LogP contribution in [0.2, 0.25) is 0 Å². The maximum atomic E-state index is 13.4. The number of nitrogens with one attached hydrogen (secondary N) is 2. The van der Waals surface area contributed by atoms with E-state index in [1.165, 1.54) is 4.90 Å². The van der Waals surface area contributed by atoms with Crippen molar-refractivity contribution in [3.63, 3.8) is 0 Å².